The van der Waals surface area contributed by atoms with Crippen LogP contribution in [0.25, 0.3) is 0 Å². The van der Waals surface area contributed by atoms with E-state index in [9.17, 15) is 23.4 Å². The largest absolute Gasteiger partial charge is 0.490 e. The number of hydrogen-bond donors (Lipinski definition) is 5. The number of phosphoric ester groups is 1. The summed E-state index contributed by atoms with van der Waals surface area (Å²) in [5.41, 5.74) is 5.48. The molecule has 0 aromatic carbocycles. The molecule has 1 fully saturated rings. The lowest BCUT2D eigenvalue weighted by Crippen LogP contribution is -2.44. The van der Waals surface area contributed by atoms with Crippen LogP contribution in [-0.2, 0) is 36.4 Å². The number of ether oxygens (including phenoxy) is 1. The van der Waals surface area contributed by atoms with E-state index >= 15 is 0 Å². The maximum atomic E-state index is 11.8. The fraction of sp³-hybridized carbons (Fsp3) is 0.600. The van der Waals surface area contributed by atoms with Gasteiger partial charge in [-0.1, -0.05) is 0 Å². The molecule has 3 aliphatic heterocycles. The molecule has 20 heteroatoms. The van der Waals surface area contributed by atoms with Crippen molar-refractivity contribution < 1.29 is 55.9 Å². The average molecular weight is 491 g/mol. The van der Waals surface area contributed by atoms with Crippen LogP contribution >= 0.6 is 23.5 Å². The standard InChI is InChI=1S/C10H16N5O12P3/c11-10-13-8-7(9(16)14-10)12-4-15(8)6-2-1-5(25-6)3-24-29(20,21)27-30(22,23)26-28(17,18)19/h4-7H,1-3H2,(H,20,21)(H,22,23)(H2,11,14,16)(H2,17,18,19)/t5-,6+,7?/m0/s1. The van der Waals surface area contributed by atoms with E-state index in [0.29, 0.717) is 12.8 Å². The molecule has 3 rings (SSSR count). The number of carbonyl (C=O) groups is 1. The van der Waals surface area contributed by atoms with Gasteiger partial charge in [0.2, 0.25) is 5.96 Å². The highest BCUT2D eigenvalue weighted by Gasteiger charge is 2.43. The van der Waals surface area contributed by atoms with E-state index in [1.807, 2.05) is 0 Å². The van der Waals surface area contributed by atoms with Crippen molar-refractivity contribution in [2.75, 3.05) is 6.61 Å². The summed E-state index contributed by atoms with van der Waals surface area (Å²) in [4.78, 5) is 60.3. The second-order valence-electron chi connectivity index (χ2n) is 6.03. The number of phosphoric acid groups is 3. The molecule has 3 aliphatic rings. The summed E-state index contributed by atoms with van der Waals surface area (Å²) < 4.78 is 51.0. The first-order valence-electron chi connectivity index (χ1n) is 7.97. The average Bonchev–Trinajstić information content (AvgIpc) is 3.15. The molecule has 0 saturated carbocycles. The Morgan fingerprint density at radius 2 is 1.83 bits per heavy atom. The Morgan fingerprint density at radius 3 is 2.50 bits per heavy atom. The number of amidine groups is 1. The second-order valence-corrected chi connectivity index (χ2v) is 10.4. The van der Waals surface area contributed by atoms with Crippen LogP contribution in [0.1, 0.15) is 12.8 Å². The van der Waals surface area contributed by atoms with Gasteiger partial charge >= 0.3 is 23.5 Å². The maximum Gasteiger partial charge on any atom is 0.490 e. The number of carbonyl (C=O) groups excluding carboxylic acids is 1. The van der Waals surface area contributed by atoms with Crippen molar-refractivity contribution in [1.82, 2.24) is 4.90 Å². The molecule has 0 bridgehead atoms. The zero-order valence-electron chi connectivity index (χ0n) is 14.7. The number of rotatable bonds is 8. The Morgan fingerprint density at radius 1 is 1.13 bits per heavy atom. The molecule has 168 valence electrons. The first-order valence-corrected chi connectivity index (χ1v) is 12.5. The van der Waals surface area contributed by atoms with Crippen LogP contribution in [0, 0.1) is 0 Å². The number of fused-ring (bicyclic) bond motifs is 1. The Kier molecular flexibility index (Phi) is 6.45. The summed E-state index contributed by atoms with van der Waals surface area (Å²) >= 11 is 0. The van der Waals surface area contributed by atoms with E-state index in [1.165, 1.54) is 11.2 Å². The Bertz CT molecular complexity index is 960. The van der Waals surface area contributed by atoms with Gasteiger partial charge in [-0.3, -0.25) is 19.2 Å². The van der Waals surface area contributed by atoms with Crippen LogP contribution in [-0.4, -0.2) is 73.5 Å². The zero-order valence-corrected chi connectivity index (χ0v) is 17.4. The molecule has 0 aliphatic carbocycles. The predicted molar refractivity (Wildman–Crippen MR) is 95.9 cm³/mol. The Labute approximate surface area is 167 Å². The Hall–Kier alpha value is -1.35. The molecule has 0 aromatic heterocycles. The van der Waals surface area contributed by atoms with Gasteiger partial charge in [-0.05, 0) is 12.8 Å². The van der Waals surface area contributed by atoms with E-state index < -0.39 is 54.4 Å². The lowest BCUT2D eigenvalue weighted by Gasteiger charge is -2.25. The molecule has 0 spiro atoms. The van der Waals surface area contributed by atoms with E-state index in [0.717, 1.165) is 0 Å². The molecule has 6 N–H and O–H groups in total. The van der Waals surface area contributed by atoms with Gasteiger partial charge in [-0.15, -0.1) is 0 Å². The number of amides is 1. The molecule has 1 saturated heterocycles. The van der Waals surface area contributed by atoms with Gasteiger partial charge in [0.25, 0.3) is 5.91 Å². The highest BCUT2D eigenvalue weighted by atomic mass is 31.3. The summed E-state index contributed by atoms with van der Waals surface area (Å²) in [6.07, 6.45) is 0.558. The molecular weight excluding hydrogens is 475 g/mol. The topological polar surface area (TPSA) is 252 Å². The highest BCUT2D eigenvalue weighted by molar-refractivity contribution is 7.66. The molecule has 3 unspecified atom stereocenters. The summed E-state index contributed by atoms with van der Waals surface area (Å²) in [5, 5.41) is 0. The van der Waals surface area contributed by atoms with Gasteiger partial charge < -0.3 is 30.0 Å². The van der Waals surface area contributed by atoms with Gasteiger partial charge in [0.1, 0.15) is 6.23 Å². The molecule has 17 nitrogen and oxygen atoms in total. The van der Waals surface area contributed by atoms with Crippen molar-refractivity contribution >= 4 is 47.5 Å². The SMILES string of the molecule is NC1=NC(=O)C2N=CN([C@H]3CC[C@@H](COP(=O)(O)OP(=O)(O)OP(=O)(O)O)O3)C2=N1. The van der Waals surface area contributed by atoms with Crippen LogP contribution in [0.5, 0.6) is 0 Å². The molecular formula is C10H16N5O12P3. The van der Waals surface area contributed by atoms with Crippen molar-refractivity contribution in [3.63, 3.8) is 0 Å². The fourth-order valence-corrected chi connectivity index (χ4v) is 5.78. The molecule has 30 heavy (non-hydrogen) atoms. The quantitative estimate of drug-likeness (QED) is 0.250. The van der Waals surface area contributed by atoms with Crippen LogP contribution in [0.15, 0.2) is 15.0 Å². The minimum Gasteiger partial charge on any atom is -0.368 e. The first-order chi connectivity index (χ1) is 13.7. The number of nitrogens with zero attached hydrogens (tertiary/aromatic N) is 4. The molecule has 0 radical (unpaired) electrons. The maximum absolute atomic E-state index is 11.8. The van der Waals surface area contributed by atoms with Crippen LogP contribution in [0.3, 0.4) is 0 Å². The number of aliphatic imine (C=N–C) groups is 3. The summed E-state index contributed by atoms with van der Waals surface area (Å²) in [6, 6.07) is -0.935. The van der Waals surface area contributed by atoms with Gasteiger partial charge in [0.15, 0.2) is 11.9 Å². The van der Waals surface area contributed by atoms with Gasteiger partial charge in [0, 0.05) is 0 Å². The van der Waals surface area contributed by atoms with Gasteiger partial charge in [-0.2, -0.15) is 18.6 Å². The first kappa shape index (κ1) is 23.3. The second kappa shape index (κ2) is 8.30. The molecule has 5 atom stereocenters. The third kappa shape index (κ3) is 5.87. The van der Waals surface area contributed by atoms with Gasteiger partial charge in [0.05, 0.1) is 19.0 Å². The summed E-state index contributed by atoms with van der Waals surface area (Å²) in [5.74, 6) is -0.603. The zero-order chi connectivity index (χ0) is 22.3. The smallest absolute Gasteiger partial charge is 0.368 e. The van der Waals surface area contributed by atoms with Crippen molar-refractivity contribution in [3.8, 4) is 0 Å². The Balaban J connectivity index is 1.54. The molecule has 3 heterocycles. The highest BCUT2D eigenvalue weighted by Crippen LogP contribution is 2.66. The molecule has 0 aromatic rings. The normalized spacial score (nSPS) is 30.5. The van der Waals surface area contributed by atoms with Crippen LogP contribution < -0.4 is 5.73 Å². The monoisotopic (exact) mass is 491 g/mol. The third-order valence-corrected chi connectivity index (χ3v) is 7.57. The third-order valence-electron chi connectivity index (χ3n) is 3.77. The minimum absolute atomic E-state index is 0.214. The number of hydrogen-bond acceptors (Lipinski definition) is 12. The summed E-state index contributed by atoms with van der Waals surface area (Å²) in [6.45, 7) is -0.580. The van der Waals surface area contributed by atoms with E-state index in [-0.39, 0.29) is 11.8 Å². The van der Waals surface area contributed by atoms with E-state index in [2.05, 4.69) is 28.1 Å². The fourth-order valence-electron chi connectivity index (χ4n) is 2.73. The van der Waals surface area contributed by atoms with E-state index in [1.54, 1.807) is 0 Å². The predicted octanol–water partition coefficient (Wildman–Crippen LogP) is -1.20. The minimum atomic E-state index is -5.59. The lowest BCUT2D eigenvalue weighted by atomic mass is 10.2. The van der Waals surface area contributed by atoms with Crippen molar-refractivity contribution in [3.05, 3.63) is 0 Å². The van der Waals surface area contributed by atoms with Crippen molar-refractivity contribution in [2.45, 2.75) is 31.2 Å². The van der Waals surface area contributed by atoms with Gasteiger partial charge in [-0.25, -0.2) is 13.7 Å². The van der Waals surface area contributed by atoms with Crippen LogP contribution in [0.2, 0.25) is 0 Å². The summed E-state index contributed by atoms with van der Waals surface area (Å²) in [7, 11) is -16.3. The van der Waals surface area contributed by atoms with Crippen molar-refractivity contribution in [1.29, 1.82) is 0 Å². The van der Waals surface area contributed by atoms with Crippen molar-refractivity contribution in [2.24, 2.45) is 20.7 Å². The van der Waals surface area contributed by atoms with E-state index in [4.69, 9.17) is 25.2 Å². The number of guanidine groups is 1. The molecule has 1 amide bonds. The lowest BCUT2D eigenvalue weighted by molar-refractivity contribution is -0.117. The number of nitrogens with two attached hydrogens (primary N) is 1. The van der Waals surface area contributed by atoms with Crippen LogP contribution in [0.4, 0.5) is 0 Å².